The molecule has 126 valence electrons. The van der Waals surface area contributed by atoms with Crippen LogP contribution in [0.25, 0.3) is 0 Å². The number of nitrogens with one attached hydrogen (secondary N) is 1. The van der Waals surface area contributed by atoms with E-state index < -0.39 is 0 Å². The predicted molar refractivity (Wildman–Crippen MR) is 99.2 cm³/mol. The van der Waals surface area contributed by atoms with Gasteiger partial charge in [-0.1, -0.05) is 36.4 Å². The van der Waals surface area contributed by atoms with Crippen molar-refractivity contribution in [3.05, 3.63) is 64.7 Å². The second-order valence-corrected chi connectivity index (χ2v) is 6.92. The number of rotatable bonds is 6. The van der Waals surface area contributed by atoms with Crippen molar-refractivity contribution < 1.29 is 4.79 Å². The summed E-state index contributed by atoms with van der Waals surface area (Å²) in [4.78, 5) is 14.8. The first-order chi connectivity index (χ1) is 11.5. The van der Waals surface area contributed by atoms with Gasteiger partial charge in [0.2, 0.25) is 5.91 Å². The minimum atomic E-state index is 0.0695. The Hall–Kier alpha value is -2.13. The zero-order chi connectivity index (χ0) is 17.1. The standard InChI is InChI=1S/C21H26N2O/c1-15-8-9-18(12-17(15)3)13-23(19-10-11-19)14-21(24)22-20-7-5-4-6-16(20)2/h4-9,12,19H,10-11,13-14H2,1-3H3,(H,22,24). The number of anilines is 1. The predicted octanol–water partition coefficient (Wildman–Crippen LogP) is 4.21. The van der Waals surface area contributed by atoms with Gasteiger partial charge in [0, 0.05) is 18.3 Å². The normalized spacial score (nSPS) is 14.0. The lowest BCUT2D eigenvalue weighted by molar-refractivity contribution is -0.117. The number of aryl methyl sites for hydroxylation is 3. The van der Waals surface area contributed by atoms with Crippen LogP contribution in [0.4, 0.5) is 5.69 Å². The fraction of sp³-hybridized carbons (Fsp3) is 0.381. The zero-order valence-corrected chi connectivity index (χ0v) is 14.8. The first-order valence-corrected chi connectivity index (χ1v) is 8.68. The molecular weight excluding hydrogens is 296 g/mol. The molecule has 24 heavy (non-hydrogen) atoms. The molecule has 2 aromatic carbocycles. The topological polar surface area (TPSA) is 32.3 Å². The fourth-order valence-electron chi connectivity index (χ4n) is 2.98. The van der Waals surface area contributed by atoms with E-state index in [9.17, 15) is 4.79 Å². The average Bonchev–Trinajstić information content (AvgIpc) is 3.37. The Labute approximate surface area is 144 Å². The minimum Gasteiger partial charge on any atom is -0.325 e. The maximum absolute atomic E-state index is 12.5. The van der Waals surface area contributed by atoms with E-state index in [1.165, 1.54) is 29.5 Å². The van der Waals surface area contributed by atoms with E-state index in [0.29, 0.717) is 12.6 Å². The highest BCUT2D eigenvalue weighted by molar-refractivity contribution is 5.93. The number of nitrogens with zero attached hydrogens (tertiary/aromatic N) is 1. The molecule has 0 radical (unpaired) electrons. The monoisotopic (exact) mass is 322 g/mol. The van der Waals surface area contributed by atoms with Crippen LogP contribution in [0.2, 0.25) is 0 Å². The van der Waals surface area contributed by atoms with Gasteiger partial charge in [0.1, 0.15) is 0 Å². The highest BCUT2D eigenvalue weighted by atomic mass is 16.2. The van der Waals surface area contributed by atoms with Crippen molar-refractivity contribution in [2.45, 2.75) is 46.2 Å². The van der Waals surface area contributed by atoms with Crippen LogP contribution in [0.5, 0.6) is 0 Å². The van der Waals surface area contributed by atoms with E-state index >= 15 is 0 Å². The number of hydrogen-bond donors (Lipinski definition) is 1. The van der Waals surface area contributed by atoms with E-state index in [-0.39, 0.29) is 5.91 Å². The summed E-state index contributed by atoms with van der Waals surface area (Å²) in [5, 5.41) is 3.05. The second-order valence-electron chi connectivity index (χ2n) is 6.92. The second kappa shape index (κ2) is 7.18. The molecule has 1 aliphatic carbocycles. The molecule has 3 heteroatoms. The van der Waals surface area contributed by atoms with Crippen LogP contribution in [-0.4, -0.2) is 23.4 Å². The van der Waals surface area contributed by atoms with E-state index in [0.717, 1.165) is 17.8 Å². The third-order valence-electron chi connectivity index (χ3n) is 4.79. The number of para-hydroxylation sites is 1. The third kappa shape index (κ3) is 4.24. The molecule has 1 saturated carbocycles. The van der Waals surface area contributed by atoms with Gasteiger partial charge in [-0.3, -0.25) is 9.69 Å². The Kier molecular flexibility index (Phi) is 5.00. The molecule has 2 aromatic rings. The van der Waals surface area contributed by atoms with Crippen molar-refractivity contribution >= 4 is 11.6 Å². The van der Waals surface area contributed by atoms with Crippen LogP contribution in [0, 0.1) is 20.8 Å². The Balaban J connectivity index is 1.64. The molecule has 0 unspecified atom stereocenters. The number of carbonyl (C=O) groups excluding carboxylic acids is 1. The molecule has 1 aliphatic rings. The molecule has 0 bridgehead atoms. The quantitative estimate of drug-likeness (QED) is 0.864. The molecular formula is C21H26N2O. The Bertz CT molecular complexity index is 734. The molecule has 0 saturated heterocycles. The Morgan fingerprint density at radius 3 is 2.46 bits per heavy atom. The van der Waals surface area contributed by atoms with Gasteiger partial charge in [0.05, 0.1) is 6.54 Å². The number of benzene rings is 2. The molecule has 0 spiro atoms. The van der Waals surface area contributed by atoms with Crippen molar-refractivity contribution in [3.8, 4) is 0 Å². The molecule has 3 rings (SSSR count). The lowest BCUT2D eigenvalue weighted by atomic mass is 10.1. The summed E-state index contributed by atoms with van der Waals surface area (Å²) in [6.07, 6.45) is 2.39. The molecule has 1 N–H and O–H groups in total. The smallest absolute Gasteiger partial charge is 0.238 e. The molecule has 0 heterocycles. The summed E-state index contributed by atoms with van der Waals surface area (Å²) < 4.78 is 0. The Morgan fingerprint density at radius 1 is 1.04 bits per heavy atom. The van der Waals surface area contributed by atoms with Crippen molar-refractivity contribution in [2.75, 3.05) is 11.9 Å². The molecule has 1 amide bonds. The van der Waals surface area contributed by atoms with Gasteiger partial charge in [-0.15, -0.1) is 0 Å². The highest BCUT2D eigenvalue weighted by Gasteiger charge is 2.30. The van der Waals surface area contributed by atoms with Gasteiger partial charge < -0.3 is 5.32 Å². The van der Waals surface area contributed by atoms with Crippen molar-refractivity contribution in [2.24, 2.45) is 0 Å². The van der Waals surface area contributed by atoms with Gasteiger partial charge >= 0.3 is 0 Å². The van der Waals surface area contributed by atoms with Crippen molar-refractivity contribution in [3.63, 3.8) is 0 Å². The van der Waals surface area contributed by atoms with Crippen LogP contribution in [0.15, 0.2) is 42.5 Å². The third-order valence-corrected chi connectivity index (χ3v) is 4.79. The van der Waals surface area contributed by atoms with Gasteiger partial charge in [0.15, 0.2) is 0 Å². The van der Waals surface area contributed by atoms with Gasteiger partial charge in [-0.2, -0.15) is 0 Å². The van der Waals surface area contributed by atoms with Crippen molar-refractivity contribution in [1.29, 1.82) is 0 Å². The average molecular weight is 322 g/mol. The summed E-state index contributed by atoms with van der Waals surface area (Å²) in [7, 11) is 0. The van der Waals surface area contributed by atoms with Crippen LogP contribution in [-0.2, 0) is 11.3 Å². The fourth-order valence-corrected chi connectivity index (χ4v) is 2.98. The van der Waals surface area contributed by atoms with Crippen molar-refractivity contribution in [1.82, 2.24) is 4.90 Å². The lowest BCUT2D eigenvalue weighted by Gasteiger charge is -2.22. The van der Waals surface area contributed by atoms with Gasteiger partial charge in [0.25, 0.3) is 0 Å². The Morgan fingerprint density at radius 2 is 1.79 bits per heavy atom. The number of amides is 1. The van der Waals surface area contributed by atoms with E-state index in [1.54, 1.807) is 0 Å². The summed E-state index contributed by atoms with van der Waals surface area (Å²) in [6, 6.07) is 15.1. The van der Waals surface area contributed by atoms with Gasteiger partial charge in [-0.05, 0) is 61.9 Å². The van der Waals surface area contributed by atoms with Crippen LogP contribution in [0.3, 0.4) is 0 Å². The maximum atomic E-state index is 12.5. The SMILES string of the molecule is Cc1ccc(CN(CC(=O)Nc2ccccc2C)C2CC2)cc1C. The van der Waals surface area contributed by atoms with E-state index in [1.807, 2.05) is 31.2 Å². The molecule has 0 aromatic heterocycles. The van der Waals surface area contributed by atoms with E-state index in [4.69, 9.17) is 0 Å². The van der Waals surface area contributed by atoms with Crippen LogP contribution >= 0.6 is 0 Å². The molecule has 1 fully saturated rings. The van der Waals surface area contributed by atoms with E-state index in [2.05, 4.69) is 42.3 Å². The van der Waals surface area contributed by atoms with Crippen LogP contribution < -0.4 is 5.32 Å². The summed E-state index contributed by atoms with van der Waals surface area (Å²) in [5.41, 5.74) is 5.91. The summed E-state index contributed by atoms with van der Waals surface area (Å²) in [6.45, 7) is 7.58. The largest absolute Gasteiger partial charge is 0.325 e. The number of hydrogen-bond acceptors (Lipinski definition) is 2. The minimum absolute atomic E-state index is 0.0695. The van der Waals surface area contributed by atoms with Gasteiger partial charge in [-0.25, -0.2) is 0 Å². The maximum Gasteiger partial charge on any atom is 0.238 e. The zero-order valence-electron chi connectivity index (χ0n) is 14.8. The lowest BCUT2D eigenvalue weighted by Crippen LogP contribution is -2.34. The molecule has 0 aliphatic heterocycles. The first-order valence-electron chi connectivity index (χ1n) is 8.68. The number of carbonyl (C=O) groups is 1. The summed E-state index contributed by atoms with van der Waals surface area (Å²) in [5.74, 6) is 0.0695. The first kappa shape index (κ1) is 16.7. The van der Waals surface area contributed by atoms with Crippen LogP contribution in [0.1, 0.15) is 35.1 Å². The molecule has 0 atom stereocenters. The summed E-state index contributed by atoms with van der Waals surface area (Å²) >= 11 is 0. The highest BCUT2D eigenvalue weighted by Crippen LogP contribution is 2.28. The molecule has 3 nitrogen and oxygen atoms in total.